The Morgan fingerprint density at radius 2 is 2.31 bits per heavy atom. The number of methoxy groups -OCH3 is 1. The molecule has 86 valence electrons. The topological polar surface area (TPSA) is 38.3 Å². The van der Waals surface area contributed by atoms with E-state index in [0.717, 1.165) is 19.5 Å². The third-order valence-corrected chi connectivity index (χ3v) is 3.35. The molecular weight excluding hydrogens is 202 g/mol. The molecule has 1 atom stereocenters. The SMILES string of the molecule is COC(=O)c1cccc([C@]2(C)CCNC2)c1. The minimum atomic E-state index is -0.267. The molecule has 1 N–H and O–H groups in total. The molecule has 1 saturated heterocycles. The lowest BCUT2D eigenvalue weighted by Gasteiger charge is -2.23. The molecule has 3 heteroatoms. The van der Waals surface area contributed by atoms with Gasteiger partial charge in [-0.05, 0) is 30.7 Å². The minimum absolute atomic E-state index is 0.143. The molecule has 0 aromatic heterocycles. The van der Waals surface area contributed by atoms with Gasteiger partial charge in [-0.3, -0.25) is 0 Å². The normalized spacial score (nSPS) is 24.4. The maximum Gasteiger partial charge on any atom is 0.337 e. The summed E-state index contributed by atoms with van der Waals surface area (Å²) in [6, 6.07) is 7.74. The molecule has 0 amide bonds. The largest absolute Gasteiger partial charge is 0.465 e. The van der Waals surface area contributed by atoms with Crippen molar-refractivity contribution in [3.05, 3.63) is 35.4 Å². The van der Waals surface area contributed by atoms with Gasteiger partial charge in [0.2, 0.25) is 0 Å². The fourth-order valence-corrected chi connectivity index (χ4v) is 2.20. The Hall–Kier alpha value is -1.35. The van der Waals surface area contributed by atoms with Crippen LogP contribution in [0.3, 0.4) is 0 Å². The van der Waals surface area contributed by atoms with E-state index in [1.165, 1.54) is 12.7 Å². The number of esters is 1. The zero-order valence-electron chi connectivity index (χ0n) is 9.75. The van der Waals surface area contributed by atoms with Crippen LogP contribution in [0, 0.1) is 0 Å². The Bertz CT molecular complexity index is 395. The number of hydrogen-bond donors (Lipinski definition) is 1. The summed E-state index contributed by atoms with van der Waals surface area (Å²) < 4.78 is 4.73. The maximum atomic E-state index is 11.4. The Morgan fingerprint density at radius 1 is 1.50 bits per heavy atom. The van der Waals surface area contributed by atoms with Gasteiger partial charge in [0.15, 0.2) is 0 Å². The lowest BCUT2D eigenvalue weighted by molar-refractivity contribution is 0.0600. The van der Waals surface area contributed by atoms with Crippen molar-refractivity contribution in [2.45, 2.75) is 18.8 Å². The minimum Gasteiger partial charge on any atom is -0.465 e. The van der Waals surface area contributed by atoms with E-state index in [1.54, 1.807) is 6.07 Å². The first-order chi connectivity index (χ1) is 7.65. The van der Waals surface area contributed by atoms with E-state index in [2.05, 4.69) is 18.3 Å². The molecule has 0 bridgehead atoms. The second kappa shape index (κ2) is 4.26. The van der Waals surface area contributed by atoms with Crippen molar-refractivity contribution < 1.29 is 9.53 Å². The highest BCUT2D eigenvalue weighted by Crippen LogP contribution is 2.30. The predicted octanol–water partition coefficient (Wildman–Crippen LogP) is 1.72. The van der Waals surface area contributed by atoms with Gasteiger partial charge in [0, 0.05) is 12.0 Å². The van der Waals surface area contributed by atoms with Crippen LogP contribution in [-0.4, -0.2) is 26.2 Å². The van der Waals surface area contributed by atoms with E-state index >= 15 is 0 Å². The van der Waals surface area contributed by atoms with Crippen LogP contribution in [0.2, 0.25) is 0 Å². The van der Waals surface area contributed by atoms with Gasteiger partial charge in [-0.2, -0.15) is 0 Å². The van der Waals surface area contributed by atoms with Gasteiger partial charge in [-0.25, -0.2) is 4.79 Å². The van der Waals surface area contributed by atoms with E-state index < -0.39 is 0 Å². The molecule has 16 heavy (non-hydrogen) atoms. The summed E-state index contributed by atoms with van der Waals surface area (Å²) in [5, 5.41) is 3.36. The van der Waals surface area contributed by atoms with Crippen molar-refractivity contribution in [3.63, 3.8) is 0 Å². The number of hydrogen-bond acceptors (Lipinski definition) is 3. The van der Waals surface area contributed by atoms with Gasteiger partial charge < -0.3 is 10.1 Å². The maximum absolute atomic E-state index is 11.4. The number of ether oxygens (including phenoxy) is 1. The van der Waals surface area contributed by atoms with E-state index in [1.807, 2.05) is 12.1 Å². The Kier molecular flexibility index (Phi) is 2.97. The molecule has 0 unspecified atom stereocenters. The Labute approximate surface area is 95.8 Å². The zero-order valence-corrected chi connectivity index (χ0v) is 9.75. The highest BCUT2D eigenvalue weighted by molar-refractivity contribution is 5.89. The van der Waals surface area contributed by atoms with Crippen LogP contribution in [0.1, 0.15) is 29.3 Å². The Balaban J connectivity index is 2.32. The van der Waals surface area contributed by atoms with Crippen molar-refractivity contribution in [1.82, 2.24) is 5.32 Å². The summed E-state index contributed by atoms with van der Waals surface area (Å²) in [5.41, 5.74) is 1.98. The number of nitrogens with one attached hydrogen (secondary N) is 1. The highest BCUT2D eigenvalue weighted by Gasteiger charge is 2.30. The number of carbonyl (C=O) groups excluding carboxylic acids is 1. The van der Waals surface area contributed by atoms with Crippen molar-refractivity contribution in [2.75, 3.05) is 20.2 Å². The van der Waals surface area contributed by atoms with E-state index in [9.17, 15) is 4.79 Å². The quantitative estimate of drug-likeness (QED) is 0.770. The Morgan fingerprint density at radius 3 is 2.94 bits per heavy atom. The molecule has 1 aliphatic heterocycles. The molecule has 3 nitrogen and oxygen atoms in total. The molecule has 2 rings (SSSR count). The van der Waals surface area contributed by atoms with Crippen molar-refractivity contribution in [2.24, 2.45) is 0 Å². The molecule has 1 aromatic rings. The van der Waals surface area contributed by atoms with Crippen molar-refractivity contribution >= 4 is 5.97 Å². The first-order valence-corrected chi connectivity index (χ1v) is 5.55. The van der Waals surface area contributed by atoms with E-state index in [-0.39, 0.29) is 11.4 Å². The third-order valence-electron chi connectivity index (χ3n) is 3.35. The fraction of sp³-hybridized carbons (Fsp3) is 0.462. The molecule has 0 radical (unpaired) electrons. The lowest BCUT2D eigenvalue weighted by Crippen LogP contribution is -2.25. The number of rotatable bonds is 2. The molecular formula is C13H17NO2. The molecule has 0 spiro atoms. The zero-order chi connectivity index (χ0) is 11.6. The average molecular weight is 219 g/mol. The summed E-state index contributed by atoms with van der Waals surface area (Å²) in [5.74, 6) is -0.267. The van der Waals surface area contributed by atoms with Gasteiger partial charge in [0.25, 0.3) is 0 Å². The summed E-state index contributed by atoms with van der Waals surface area (Å²) in [6.07, 6.45) is 1.11. The van der Waals surface area contributed by atoms with Crippen LogP contribution < -0.4 is 5.32 Å². The second-order valence-electron chi connectivity index (χ2n) is 4.56. The van der Waals surface area contributed by atoms with Crippen LogP contribution >= 0.6 is 0 Å². The van der Waals surface area contributed by atoms with Gasteiger partial charge in [0.05, 0.1) is 12.7 Å². The molecule has 1 aromatic carbocycles. The summed E-state index contributed by atoms with van der Waals surface area (Å²) in [4.78, 5) is 11.4. The summed E-state index contributed by atoms with van der Waals surface area (Å²) in [7, 11) is 1.41. The van der Waals surface area contributed by atoms with Crippen LogP contribution in [0.15, 0.2) is 24.3 Å². The third kappa shape index (κ3) is 1.95. The van der Waals surface area contributed by atoms with Gasteiger partial charge in [0.1, 0.15) is 0 Å². The average Bonchev–Trinajstić information content (AvgIpc) is 2.77. The number of benzene rings is 1. The molecule has 0 saturated carbocycles. The van der Waals surface area contributed by atoms with Crippen LogP contribution in [-0.2, 0) is 10.2 Å². The summed E-state index contributed by atoms with van der Waals surface area (Å²) in [6.45, 7) is 4.24. The lowest BCUT2D eigenvalue weighted by atomic mass is 9.81. The van der Waals surface area contributed by atoms with Crippen LogP contribution in [0.4, 0.5) is 0 Å². The van der Waals surface area contributed by atoms with E-state index in [4.69, 9.17) is 4.74 Å². The predicted molar refractivity (Wildman–Crippen MR) is 62.6 cm³/mol. The molecule has 1 fully saturated rings. The molecule has 1 aliphatic rings. The van der Waals surface area contributed by atoms with Gasteiger partial charge in [-0.15, -0.1) is 0 Å². The highest BCUT2D eigenvalue weighted by atomic mass is 16.5. The van der Waals surface area contributed by atoms with Crippen LogP contribution in [0.5, 0.6) is 0 Å². The standard InChI is InChI=1S/C13H17NO2/c1-13(6-7-14-9-13)11-5-3-4-10(8-11)12(15)16-2/h3-5,8,14H,6-7,9H2,1-2H3/t13-/m1/s1. The van der Waals surface area contributed by atoms with Crippen molar-refractivity contribution in [3.8, 4) is 0 Å². The van der Waals surface area contributed by atoms with Crippen molar-refractivity contribution in [1.29, 1.82) is 0 Å². The van der Waals surface area contributed by atoms with E-state index in [0.29, 0.717) is 5.56 Å². The molecule has 1 heterocycles. The van der Waals surface area contributed by atoms with Crippen LogP contribution in [0.25, 0.3) is 0 Å². The molecule has 0 aliphatic carbocycles. The fourth-order valence-electron chi connectivity index (χ4n) is 2.20. The summed E-state index contributed by atoms with van der Waals surface area (Å²) >= 11 is 0. The first kappa shape index (κ1) is 11.1. The van der Waals surface area contributed by atoms with Gasteiger partial charge in [-0.1, -0.05) is 19.1 Å². The number of carbonyl (C=O) groups is 1. The smallest absolute Gasteiger partial charge is 0.337 e. The first-order valence-electron chi connectivity index (χ1n) is 5.55. The monoisotopic (exact) mass is 219 g/mol. The second-order valence-corrected chi connectivity index (χ2v) is 4.56. The van der Waals surface area contributed by atoms with Gasteiger partial charge >= 0.3 is 5.97 Å².